The highest BCUT2D eigenvalue weighted by molar-refractivity contribution is 7.45. The van der Waals surface area contributed by atoms with E-state index in [1.54, 1.807) is 6.08 Å². The first-order valence-corrected chi connectivity index (χ1v) is 28.8. The van der Waals surface area contributed by atoms with Crippen LogP contribution in [0.5, 0.6) is 0 Å². The molecule has 3 unspecified atom stereocenters. The fourth-order valence-corrected chi connectivity index (χ4v) is 8.73. The van der Waals surface area contributed by atoms with Gasteiger partial charge < -0.3 is 28.8 Å². The highest BCUT2D eigenvalue weighted by atomic mass is 31.2. The van der Waals surface area contributed by atoms with Crippen molar-refractivity contribution in [2.45, 2.75) is 270 Å². The molecule has 0 fully saturated rings. The van der Waals surface area contributed by atoms with Crippen molar-refractivity contribution in [2.75, 3.05) is 40.9 Å². The average Bonchev–Trinajstić information content (AvgIpc) is 3.25. The number of carbonyl (C=O) groups is 1. The van der Waals surface area contributed by atoms with Gasteiger partial charge >= 0.3 is 0 Å². The molecule has 0 aromatic carbocycles. The van der Waals surface area contributed by atoms with E-state index >= 15 is 0 Å². The number of amides is 1. The van der Waals surface area contributed by atoms with E-state index in [1.807, 2.05) is 27.2 Å². The second kappa shape index (κ2) is 46.8. The van der Waals surface area contributed by atoms with Crippen molar-refractivity contribution >= 4 is 13.7 Å². The SMILES string of the molecule is CCCCCC/C=C\C/C=C\CCCCCCCCCC(=O)NC(COP(=O)([O-])OCC[N+](C)(C)C)C(O)/C=C/CCCCCCCCCCCCCCCCCCCCCCCC. The van der Waals surface area contributed by atoms with E-state index in [4.69, 9.17) is 9.05 Å². The molecule has 8 nitrogen and oxygen atoms in total. The highest BCUT2D eigenvalue weighted by Gasteiger charge is 2.23. The van der Waals surface area contributed by atoms with Crippen LogP contribution in [0, 0.1) is 0 Å². The monoisotopic (exact) mass is 923 g/mol. The molecule has 0 saturated carbocycles. The van der Waals surface area contributed by atoms with E-state index in [0.717, 1.165) is 51.4 Å². The number of likely N-dealkylation sites (N-methyl/N-ethyl adjacent to an activating group) is 1. The Morgan fingerprint density at radius 3 is 1.31 bits per heavy atom. The summed E-state index contributed by atoms with van der Waals surface area (Å²) in [5.74, 6) is -0.203. The Bertz CT molecular complexity index is 1140. The molecule has 0 radical (unpaired) electrons. The van der Waals surface area contributed by atoms with Crippen molar-refractivity contribution in [3.05, 3.63) is 36.5 Å². The summed E-state index contributed by atoms with van der Waals surface area (Å²) in [5.41, 5.74) is 0. The summed E-state index contributed by atoms with van der Waals surface area (Å²) < 4.78 is 23.3. The summed E-state index contributed by atoms with van der Waals surface area (Å²) in [5, 5.41) is 13.9. The molecule has 0 aliphatic carbocycles. The van der Waals surface area contributed by atoms with Gasteiger partial charge in [0.25, 0.3) is 7.82 Å². The number of hydrogen-bond acceptors (Lipinski definition) is 6. The Morgan fingerprint density at radius 1 is 0.547 bits per heavy atom. The van der Waals surface area contributed by atoms with E-state index in [2.05, 4.69) is 43.5 Å². The Balaban J connectivity index is 4.26. The number of carbonyl (C=O) groups excluding carboxylic acids is 1. The molecule has 9 heteroatoms. The van der Waals surface area contributed by atoms with Crippen molar-refractivity contribution in [3.63, 3.8) is 0 Å². The third-order valence-electron chi connectivity index (χ3n) is 12.3. The number of quaternary nitrogens is 1. The topological polar surface area (TPSA) is 108 Å². The molecule has 0 aromatic heterocycles. The molecule has 1 amide bonds. The number of aliphatic hydroxyl groups is 1. The third kappa shape index (κ3) is 48.6. The van der Waals surface area contributed by atoms with Gasteiger partial charge in [-0.2, -0.15) is 0 Å². The van der Waals surface area contributed by atoms with Gasteiger partial charge in [-0.1, -0.05) is 237 Å². The van der Waals surface area contributed by atoms with E-state index < -0.39 is 20.0 Å². The van der Waals surface area contributed by atoms with Crippen LogP contribution in [0.25, 0.3) is 0 Å². The molecule has 0 aliphatic rings. The van der Waals surface area contributed by atoms with E-state index in [9.17, 15) is 19.4 Å². The minimum absolute atomic E-state index is 0.00246. The second-order valence-corrected chi connectivity index (χ2v) is 21.3. The third-order valence-corrected chi connectivity index (χ3v) is 13.3. The van der Waals surface area contributed by atoms with Gasteiger partial charge in [-0.3, -0.25) is 9.36 Å². The molecule has 0 bridgehead atoms. The molecule has 378 valence electrons. The van der Waals surface area contributed by atoms with Crippen LogP contribution < -0.4 is 10.2 Å². The summed E-state index contributed by atoms with van der Waals surface area (Å²) in [4.78, 5) is 25.4. The number of allylic oxidation sites excluding steroid dienone is 5. The maximum Gasteiger partial charge on any atom is 0.268 e. The summed E-state index contributed by atoms with van der Waals surface area (Å²) in [6, 6.07) is -0.891. The van der Waals surface area contributed by atoms with Gasteiger partial charge in [0.1, 0.15) is 13.2 Å². The number of hydrogen-bond donors (Lipinski definition) is 2. The molecule has 0 aliphatic heterocycles. The fourth-order valence-electron chi connectivity index (χ4n) is 8.01. The molecule has 64 heavy (non-hydrogen) atoms. The molecular formula is C55H107N2O6P. The molecule has 2 N–H and O–H groups in total. The number of rotatable bonds is 50. The van der Waals surface area contributed by atoms with Gasteiger partial charge in [0.2, 0.25) is 5.91 Å². The lowest BCUT2D eigenvalue weighted by Crippen LogP contribution is -2.45. The minimum Gasteiger partial charge on any atom is -0.756 e. The normalized spacial score (nSPS) is 14.3. The Hall–Kier alpha value is -1.28. The summed E-state index contributed by atoms with van der Waals surface area (Å²) in [6.45, 7) is 4.65. The summed E-state index contributed by atoms with van der Waals surface area (Å²) in [6.07, 6.45) is 59.2. The van der Waals surface area contributed by atoms with Crippen molar-refractivity contribution in [1.29, 1.82) is 0 Å². The van der Waals surface area contributed by atoms with Gasteiger partial charge in [-0.15, -0.1) is 0 Å². The first kappa shape index (κ1) is 62.7. The minimum atomic E-state index is -4.60. The molecule has 0 aromatic rings. The van der Waals surface area contributed by atoms with Crippen molar-refractivity contribution in [1.82, 2.24) is 5.32 Å². The number of nitrogens with zero attached hydrogens (tertiary/aromatic N) is 1. The summed E-state index contributed by atoms with van der Waals surface area (Å²) in [7, 11) is 1.26. The van der Waals surface area contributed by atoms with Gasteiger partial charge in [-0.25, -0.2) is 0 Å². The Kier molecular flexibility index (Phi) is 45.9. The first-order valence-electron chi connectivity index (χ1n) is 27.4. The van der Waals surface area contributed by atoms with E-state index in [-0.39, 0.29) is 19.1 Å². The van der Waals surface area contributed by atoms with Crippen LogP contribution in [0.15, 0.2) is 36.5 Å². The average molecular weight is 923 g/mol. The number of aliphatic hydroxyl groups excluding tert-OH is 1. The smallest absolute Gasteiger partial charge is 0.268 e. The number of nitrogens with one attached hydrogen (secondary N) is 1. The quantitative estimate of drug-likeness (QED) is 0.0272. The van der Waals surface area contributed by atoms with Crippen LogP contribution in [-0.2, 0) is 18.4 Å². The van der Waals surface area contributed by atoms with Crippen LogP contribution >= 0.6 is 7.82 Å². The van der Waals surface area contributed by atoms with Crippen LogP contribution in [0.4, 0.5) is 0 Å². The lowest BCUT2D eigenvalue weighted by molar-refractivity contribution is -0.870. The van der Waals surface area contributed by atoms with Crippen molar-refractivity contribution in [2.24, 2.45) is 0 Å². The Morgan fingerprint density at radius 2 is 0.906 bits per heavy atom. The molecule has 3 atom stereocenters. The molecule has 0 saturated heterocycles. The zero-order valence-electron chi connectivity index (χ0n) is 43.0. The lowest BCUT2D eigenvalue weighted by atomic mass is 10.0. The molecular weight excluding hydrogens is 816 g/mol. The van der Waals surface area contributed by atoms with Gasteiger partial charge in [-0.05, 0) is 51.4 Å². The fraction of sp³-hybridized carbons (Fsp3) is 0.873. The van der Waals surface area contributed by atoms with E-state index in [0.29, 0.717) is 17.4 Å². The largest absolute Gasteiger partial charge is 0.756 e. The predicted molar refractivity (Wildman–Crippen MR) is 275 cm³/mol. The van der Waals surface area contributed by atoms with E-state index in [1.165, 1.54) is 186 Å². The predicted octanol–water partition coefficient (Wildman–Crippen LogP) is 15.6. The zero-order valence-corrected chi connectivity index (χ0v) is 43.9. The van der Waals surface area contributed by atoms with Gasteiger partial charge in [0.05, 0.1) is 39.9 Å². The Labute approximate surface area is 397 Å². The maximum absolute atomic E-state index is 12.9. The van der Waals surface area contributed by atoms with Crippen molar-refractivity contribution < 1.29 is 32.9 Å². The molecule has 0 rings (SSSR count). The number of phosphoric ester groups is 1. The first-order chi connectivity index (χ1) is 31.0. The number of phosphoric acid groups is 1. The zero-order chi connectivity index (χ0) is 47.1. The maximum atomic E-state index is 12.9. The van der Waals surface area contributed by atoms with Crippen LogP contribution in [0.3, 0.4) is 0 Å². The van der Waals surface area contributed by atoms with Crippen molar-refractivity contribution in [3.8, 4) is 0 Å². The molecule has 0 spiro atoms. The molecule has 0 heterocycles. The van der Waals surface area contributed by atoms with Gasteiger partial charge in [0.15, 0.2) is 0 Å². The van der Waals surface area contributed by atoms with Crippen LogP contribution in [0.1, 0.15) is 258 Å². The van der Waals surface area contributed by atoms with Crippen LogP contribution in [-0.4, -0.2) is 68.5 Å². The summed E-state index contributed by atoms with van der Waals surface area (Å²) >= 11 is 0. The lowest BCUT2D eigenvalue weighted by Gasteiger charge is -2.29. The second-order valence-electron chi connectivity index (χ2n) is 19.9. The standard InChI is InChI=1S/C55H107N2O6P/c1-6-8-10-12-14-16-18-20-22-24-26-27-28-29-30-31-32-34-36-38-40-42-44-46-48-54(58)53(52-63-64(60,61)62-51-50-57(3,4)5)56-55(59)49-47-45-43-41-39-37-35-33-25-23-21-19-17-15-13-11-9-7-2/h17,19,23,25,46,48,53-54,58H,6-16,18,20-22,24,26-45,47,49-52H2,1-5H3,(H-,56,59,60,61)/b19-17-,25-23-,48-46+. The highest BCUT2D eigenvalue weighted by Crippen LogP contribution is 2.38. The number of unbranched alkanes of at least 4 members (excludes halogenated alkanes) is 33. The van der Waals surface area contributed by atoms with Crippen LogP contribution in [0.2, 0.25) is 0 Å². The van der Waals surface area contributed by atoms with Gasteiger partial charge in [0, 0.05) is 6.42 Å².